The molecule has 0 spiro atoms. The number of H-pyrrole nitrogens is 1. The molecule has 0 amide bonds. The van der Waals surface area contributed by atoms with Crippen LogP contribution < -0.4 is 5.56 Å². The molecule has 0 unspecified atom stereocenters. The van der Waals surface area contributed by atoms with E-state index in [4.69, 9.17) is 0 Å². The summed E-state index contributed by atoms with van der Waals surface area (Å²) < 4.78 is 14.9. The lowest BCUT2D eigenvalue weighted by Crippen LogP contribution is -2.22. The number of halogens is 1. The molecule has 0 radical (unpaired) electrons. The van der Waals surface area contributed by atoms with Gasteiger partial charge in [0.15, 0.2) is 0 Å². The fourth-order valence-corrected chi connectivity index (χ4v) is 2.69. The number of rotatable bonds is 5. The maximum absolute atomic E-state index is 13.7. The molecule has 0 aliphatic carbocycles. The van der Waals surface area contributed by atoms with E-state index >= 15 is 0 Å². The second kappa shape index (κ2) is 6.23. The van der Waals surface area contributed by atoms with Crippen LogP contribution in [0.3, 0.4) is 0 Å². The van der Waals surface area contributed by atoms with Crippen molar-refractivity contribution in [2.45, 2.75) is 26.3 Å². The summed E-state index contributed by atoms with van der Waals surface area (Å²) in [5, 5.41) is 10.8. The Bertz CT molecular complexity index is 977. The van der Waals surface area contributed by atoms with Gasteiger partial charge in [-0.15, -0.1) is 0 Å². The van der Waals surface area contributed by atoms with Crippen LogP contribution in [-0.4, -0.2) is 19.5 Å². The molecule has 0 atom stereocenters. The molecule has 0 aliphatic rings. The highest BCUT2D eigenvalue weighted by molar-refractivity contribution is 5.79. The summed E-state index contributed by atoms with van der Waals surface area (Å²) in [7, 11) is 0. The molecule has 7 nitrogen and oxygen atoms in total. The highest BCUT2D eigenvalue weighted by atomic mass is 19.1. The molecule has 8 heteroatoms. The van der Waals surface area contributed by atoms with Gasteiger partial charge in [-0.1, -0.05) is 13.3 Å². The molecule has 0 fully saturated rings. The third-order valence-electron chi connectivity index (χ3n) is 3.72. The summed E-state index contributed by atoms with van der Waals surface area (Å²) in [6.45, 7) is 2.04. The van der Waals surface area contributed by atoms with E-state index in [1.165, 1.54) is 29.0 Å². The summed E-state index contributed by atoms with van der Waals surface area (Å²) in [5.41, 5.74) is 0.800. The van der Waals surface area contributed by atoms with Gasteiger partial charge in [0.2, 0.25) is 0 Å². The van der Waals surface area contributed by atoms with Gasteiger partial charge < -0.3 is 9.55 Å². The standard InChI is InChI=1S/C16H15FN4O3/c1-2-4-10-7-11(17)8-12-15(10)19-14(18-12)9-20-6-3-5-13(16(20)22)21(23)24/h3,5-8H,2,4,9H2,1H3,(H,18,19). The Morgan fingerprint density at radius 2 is 2.21 bits per heavy atom. The minimum absolute atomic E-state index is 0.0440. The first-order chi connectivity index (χ1) is 11.5. The van der Waals surface area contributed by atoms with Crippen LogP contribution in [0, 0.1) is 15.9 Å². The third-order valence-corrected chi connectivity index (χ3v) is 3.72. The Kier molecular flexibility index (Phi) is 4.11. The Morgan fingerprint density at radius 3 is 2.92 bits per heavy atom. The van der Waals surface area contributed by atoms with Crippen molar-refractivity contribution in [2.24, 2.45) is 0 Å². The van der Waals surface area contributed by atoms with E-state index in [-0.39, 0.29) is 12.4 Å². The van der Waals surface area contributed by atoms with Gasteiger partial charge in [0.25, 0.3) is 0 Å². The zero-order valence-electron chi connectivity index (χ0n) is 13.0. The zero-order valence-corrected chi connectivity index (χ0v) is 13.0. The van der Waals surface area contributed by atoms with Gasteiger partial charge in [0, 0.05) is 12.3 Å². The number of nitro groups is 1. The van der Waals surface area contributed by atoms with E-state index in [2.05, 4.69) is 9.97 Å². The molecule has 3 aromatic rings. The summed E-state index contributed by atoms with van der Waals surface area (Å²) in [5.74, 6) is 0.0872. The molecule has 0 bridgehead atoms. The molecule has 2 aromatic heterocycles. The summed E-state index contributed by atoms with van der Waals surface area (Å²) >= 11 is 0. The number of hydrogen-bond acceptors (Lipinski definition) is 4. The van der Waals surface area contributed by atoms with Gasteiger partial charge in [-0.05, 0) is 30.2 Å². The van der Waals surface area contributed by atoms with Crippen LogP contribution in [0.1, 0.15) is 24.7 Å². The summed E-state index contributed by atoms with van der Waals surface area (Å²) in [6.07, 6.45) is 3.00. The van der Waals surface area contributed by atoms with Gasteiger partial charge >= 0.3 is 11.2 Å². The number of aromatic nitrogens is 3. The smallest absolute Gasteiger partial charge is 0.334 e. The van der Waals surface area contributed by atoms with E-state index < -0.39 is 16.2 Å². The van der Waals surface area contributed by atoms with E-state index in [9.17, 15) is 19.3 Å². The first-order valence-electron chi connectivity index (χ1n) is 7.50. The van der Waals surface area contributed by atoms with Crippen molar-refractivity contribution in [1.29, 1.82) is 0 Å². The molecule has 2 heterocycles. The van der Waals surface area contributed by atoms with Crippen LogP contribution in [0.15, 0.2) is 35.3 Å². The fourth-order valence-electron chi connectivity index (χ4n) is 2.69. The molecule has 1 aromatic carbocycles. The molecule has 24 heavy (non-hydrogen) atoms. The summed E-state index contributed by atoms with van der Waals surface area (Å²) in [4.78, 5) is 29.6. The van der Waals surface area contributed by atoms with Gasteiger partial charge in [-0.2, -0.15) is 0 Å². The monoisotopic (exact) mass is 330 g/mol. The van der Waals surface area contributed by atoms with Gasteiger partial charge in [-0.25, -0.2) is 9.37 Å². The molecule has 1 N–H and O–H groups in total. The van der Waals surface area contributed by atoms with Crippen molar-refractivity contribution in [3.8, 4) is 0 Å². The van der Waals surface area contributed by atoms with Crippen molar-refractivity contribution in [1.82, 2.24) is 14.5 Å². The Morgan fingerprint density at radius 1 is 1.42 bits per heavy atom. The summed E-state index contributed by atoms with van der Waals surface area (Å²) in [6, 6.07) is 5.40. The number of aryl methyl sites for hydroxylation is 1. The van der Waals surface area contributed by atoms with Crippen molar-refractivity contribution in [2.75, 3.05) is 0 Å². The largest absolute Gasteiger partial charge is 0.340 e. The Hall–Kier alpha value is -3.03. The van der Waals surface area contributed by atoms with Gasteiger partial charge in [0.05, 0.1) is 22.5 Å². The number of hydrogen-bond donors (Lipinski definition) is 1. The minimum Gasteiger partial charge on any atom is -0.340 e. The number of nitrogens with zero attached hydrogens (tertiary/aromatic N) is 3. The molecule has 0 aliphatic heterocycles. The van der Waals surface area contributed by atoms with Crippen LogP contribution in [0.2, 0.25) is 0 Å². The predicted molar refractivity (Wildman–Crippen MR) is 86.5 cm³/mol. The Balaban J connectivity index is 2.03. The normalized spacial score (nSPS) is 11.1. The van der Waals surface area contributed by atoms with E-state index in [1.807, 2.05) is 6.92 Å². The zero-order chi connectivity index (χ0) is 17.3. The van der Waals surface area contributed by atoms with Gasteiger partial charge in [-0.3, -0.25) is 14.9 Å². The van der Waals surface area contributed by atoms with Crippen LogP contribution in [-0.2, 0) is 13.0 Å². The maximum Gasteiger partial charge on any atom is 0.334 e. The third kappa shape index (κ3) is 2.90. The number of aromatic amines is 1. The topological polar surface area (TPSA) is 93.8 Å². The van der Waals surface area contributed by atoms with Crippen LogP contribution in [0.4, 0.5) is 10.1 Å². The molecule has 124 valence electrons. The second-order valence-electron chi connectivity index (χ2n) is 5.48. The number of imidazole rings is 1. The minimum atomic E-state index is -0.716. The SMILES string of the molecule is CCCc1cc(F)cc2[nH]c(Cn3cccc([N+](=O)[O-])c3=O)nc12. The number of nitrogens with one attached hydrogen (secondary N) is 1. The van der Waals surface area contributed by atoms with Gasteiger partial charge in [0.1, 0.15) is 11.6 Å². The van der Waals surface area contributed by atoms with Crippen LogP contribution in [0.5, 0.6) is 0 Å². The highest BCUT2D eigenvalue weighted by Crippen LogP contribution is 2.20. The Labute approximate surface area is 135 Å². The average Bonchev–Trinajstić information content (AvgIpc) is 2.92. The lowest BCUT2D eigenvalue weighted by Gasteiger charge is -2.02. The van der Waals surface area contributed by atoms with E-state index in [0.29, 0.717) is 23.3 Å². The number of benzene rings is 1. The highest BCUT2D eigenvalue weighted by Gasteiger charge is 2.15. The molecule has 0 saturated carbocycles. The predicted octanol–water partition coefficient (Wildman–Crippen LogP) is 2.77. The fraction of sp³-hybridized carbons (Fsp3) is 0.250. The number of pyridine rings is 1. The van der Waals surface area contributed by atoms with Crippen molar-refractivity contribution >= 4 is 16.7 Å². The van der Waals surface area contributed by atoms with Crippen LogP contribution >= 0.6 is 0 Å². The average molecular weight is 330 g/mol. The second-order valence-corrected chi connectivity index (χ2v) is 5.48. The first kappa shape index (κ1) is 15.9. The first-order valence-corrected chi connectivity index (χ1v) is 7.50. The lowest BCUT2D eigenvalue weighted by molar-refractivity contribution is -0.386. The molecular weight excluding hydrogens is 315 g/mol. The van der Waals surface area contributed by atoms with Crippen molar-refractivity contribution in [3.63, 3.8) is 0 Å². The molecular formula is C16H15FN4O3. The van der Waals surface area contributed by atoms with E-state index in [0.717, 1.165) is 18.1 Å². The van der Waals surface area contributed by atoms with Crippen LogP contribution in [0.25, 0.3) is 11.0 Å². The molecule has 3 rings (SSSR count). The van der Waals surface area contributed by atoms with Crippen molar-refractivity contribution < 1.29 is 9.31 Å². The molecule has 0 saturated heterocycles. The van der Waals surface area contributed by atoms with E-state index in [1.54, 1.807) is 0 Å². The maximum atomic E-state index is 13.7. The number of fused-ring (bicyclic) bond motifs is 1. The van der Waals surface area contributed by atoms with Crippen molar-refractivity contribution in [3.05, 3.63) is 68.1 Å². The quantitative estimate of drug-likeness (QED) is 0.575. The lowest BCUT2D eigenvalue weighted by atomic mass is 10.1.